The number of carbonyl (C=O) groups excluding carboxylic acids is 1. The molecule has 4 heteroatoms. The largest absolute Gasteiger partial charge is 0.335 e. The Morgan fingerprint density at radius 3 is 2.55 bits per heavy atom. The standard InChI is InChI=1S/C16H21Br2NO/c1-12-9-13(11-14(18)10-12)16(20)19(8-7-17)15-5-3-2-4-6-15/h9-11,15H,2-8H2,1H3. The molecule has 2 rings (SSSR count). The van der Waals surface area contributed by atoms with E-state index in [0.29, 0.717) is 6.04 Å². The maximum atomic E-state index is 12.8. The number of hydrogen-bond acceptors (Lipinski definition) is 1. The average molecular weight is 403 g/mol. The summed E-state index contributed by atoms with van der Waals surface area (Å²) in [6.07, 6.45) is 6.09. The van der Waals surface area contributed by atoms with E-state index in [4.69, 9.17) is 0 Å². The van der Waals surface area contributed by atoms with Crippen molar-refractivity contribution in [1.29, 1.82) is 0 Å². The normalized spacial score (nSPS) is 16.1. The third-order valence-corrected chi connectivity index (χ3v) is 4.70. The minimum absolute atomic E-state index is 0.167. The molecule has 0 aliphatic heterocycles. The van der Waals surface area contributed by atoms with E-state index in [1.54, 1.807) is 0 Å². The van der Waals surface area contributed by atoms with Gasteiger partial charge < -0.3 is 4.90 Å². The molecule has 0 atom stereocenters. The lowest BCUT2D eigenvalue weighted by atomic mass is 9.93. The maximum absolute atomic E-state index is 12.8. The molecule has 110 valence electrons. The minimum atomic E-state index is 0.167. The van der Waals surface area contributed by atoms with Crippen LogP contribution < -0.4 is 0 Å². The van der Waals surface area contributed by atoms with Crippen LogP contribution in [-0.4, -0.2) is 28.7 Å². The van der Waals surface area contributed by atoms with E-state index in [1.807, 2.05) is 25.1 Å². The second-order valence-corrected chi connectivity index (χ2v) is 7.21. The predicted octanol–water partition coefficient (Wildman–Crippen LogP) is 4.93. The van der Waals surface area contributed by atoms with Gasteiger partial charge in [0.05, 0.1) is 0 Å². The van der Waals surface area contributed by atoms with Gasteiger partial charge in [0.2, 0.25) is 0 Å². The van der Waals surface area contributed by atoms with Crippen molar-refractivity contribution in [3.63, 3.8) is 0 Å². The maximum Gasteiger partial charge on any atom is 0.254 e. The van der Waals surface area contributed by atoms with Gasteiger partial charge in [-0.3, -0.25) is 4.79 Å². The van der Waals surface area contributed by atoms with E-state index in [2.05, 4.69) is 36.8 Å². The fourth-order valence-corrected chi connectivity index (χ4v) is 3.95. The smallest absolute Gasteiger partial charge is 0.254 e. The summed E-state index contributed by atoms with van der Waals surface area (Å²) < 4.78 is 0.975. The first-order valence-corrected chi connectivity index (χ1v) is 9.17. The Morgan fingerprint density at radius 2 is 1.95 bits per heavy atom. The fraction of sp³-hybridized carbons (Fsp3) is 0.562. The predicted molar refractivity (Wildman–Crippen MR) is 90.6 cm³/mol. The van der Waals surface area contributed by atoms with E-state index >= 15 is 0 Å². The highest BCUT2D eigenvalue weighted by atomic mass is 79.9. The first-order valence-electron chi connectivity index (χ1n) is 7.26. The molecule has 1 amide bonds. The number of rotatable bonds is 4. The Morgan fingerprint density at radius 1 is 1.25 bits per heavy atom. The third-order valence-electron chi connectivity index (χ3n) is 3.89. The van der Waals surface area contributed by atoms with Crippen molar-refractivity contribution in [2.75, 3.05) is 11.9 Å². The summed E-state index contributed by atoms with van der Waals surface area (Å²) >= 11 is 6.97. The molecule has 0 spiro atoms. The highest BCUT2D eigenvalue weighted by Crippen LogP contribution is 2.25. The number of halogens is 2. The topological polar surface area (TPSA) is 20.3 Å². The molecule has 1 fully saturated rings. The molecule has 0 saturated heterocycles. The van der Waals surface area contributed by atoms with Crippen LogP contribution in [0.3, 0.4) is 0 Å². The van der Waals surface area contributed by atoms with E-state index in [-0.39, 0.29) is 5.91 Å². The number of hydrogen-bond donors (Lipinski definition) is 0. The van der Waals surface area contributed by atoms with Crippen molar-refractivity contribution >= 4 is 37.8 Å². The number of alkyl halides is 1. The van der Waals surface area contributed by atoms with Gasteiger partial charge in [0.25, 0.3) is 5.91 Å². The second-order valence-electron chi connectivity index (χ2n) is 5.50. The summed E-state index contributed by atoms with van der Waals surface area (Å²) in [6, 6.07) is 6.36. The Balaban J connectivity index is 2.20. The van der Waals surface area contributed by atoms with Gasteiger partial charge in [-0.1, -0.05) is 51.1 Å². The first-order chi connectivity index (χ1) is 9.61. The molecule has 1 aromatic carbocycles. The molecule has 20 heavy (non-hydrogen) atoms. The molecule has 1 aliphatic rings. The fourth-order valence-electron chi connectivity index (χ4n) is 2.96. The summed E-state index contributed by atoms with van der Waals surface area (Å²) in [5.41, 5.74) is 1.91. The highest BCUT2D eigenvalue weighted by Gasteiger charge is 2.25. The SMILES string of the molecule is Cc1cc(Br)cc(C(=O)N(CCBr)C2CCCCC2)c1. The Bertz CT molecular complexity index is 449. The summed E-state index contributed by atoms with van der Waals surface area (Å²) in [5, 5.41) is 0.836. The van der Waals surface area contributed by atoms with Crippen molar-refractivity contribution < 1.29 is 4.79 Å². The van der Waals surface area contributed by atoms with Gasteiger partial charge in [0.1, 0.15) is 0 Å². The Labute approximate surface area is 138 Å². The molecule has 0 unspecified atom stereocenters. The number of carbonyl (C=O) groups is 1. The lowest BCUT2D eigenvalue weighted by Gasteiger charge is -2.34. The molecule has 0 N–H and O–H groups in total. The highest BCUT2D eigenvalue weighted by molar-refractivity contribution is 9.10. The Kier molecular flexibility index (Phi) is 6.09. The number of benzene rings is 1. The van der Waals surface area contributed by atoms with Crippen molar-refractivity contribution in [3.8, 4) is 0 Å². The molecular formula is C16H21Br2NO. The van der Waals surface area contributed by atoms with Crippen LogP contribution in [0, 0.1) is 6.92 Å². The molecule has 1 aliphatic carbocycles. The molecule has 1 aromatic rings. The van der Waals surface area contributed by atoms with Gasteiger partial charge in [-0.25, -0.2) is 0 Å². The van der Waals surface area contributed by atoms with Crippen molar-refractivity contribution in [3.05, 3.63) is 33.8 Å². The van der Waals surface area contributed by atoms with E-state index < -0.39 is 0 Å². The van der Waals surface area contributed by atoms with Crippen LogP contribution in [-0.2, 0) is 0 Å². The van der Waals surface area contributed by atoms with Crippen LogP contribution in [0.25, 0.3) is 0 Å². The zero-order valence-corrected chi connectivity index (χ0v) is 15.0. The molecule has 0 aromatic heterocycles. The number of amides is 1. The quantitative estimate of drug-likeness (QED) is 0.654. The molecular weight excluding hydrogens is 382 g/mol. The van der Waals surface area contributed by atoms with Gasteiger partial charge in [0.15, 0.2) is 0 Å². The summed E-state index contributed by atoms with van der Waals surface area (Å²) in [7, 11) is 0. The van der Waals surface area contributed by atoms with Gasteiger partial charge in [-0.2, -0.15) is 0 Å². The van der Waals surface area contributed by atoms with Crippen LogP contribution in [0.1, 0.15) is 48.0 Å². The lowest BCUT2D eigenvalue weighted by Crippen LogP contribution is -2.42. The molecule has 2 nitrogen and oxygen atoms in total. The van der Waals surface area contributed by atoms with Gasteiger partial charge in [0, 0.05) is 28.0 Å². The van der Waals surface area contributed by atoms with E-state index in [9.17, 15) is 4.79 Å². The van der Waals surface area contributed by atoms with Crippen LogP contribution in [0.2, 0.25) is 0 Å². The molecule has 1 saturated carbocycles. The van der Waals surface area contributed by atoms with E-state index in [0.717, 1.165) is 40.3 Å². The van der Waals surface area contributed by atoms with Crippen LogP contribution in [0.4, 0.5) is 0 Å². The van der Waals surface area contributed by atoms with Crippen LogP contribution in [0.15, 0.2) is 22.7 Å². The van der Waals surface area contributed by atoms with Crippen LogP contribution in [0.5, 0.6) is 0 Å². The summed E-state index contributed by atoms with van der Waals surface area (Å²) in [4.78, 5) is 14.9. The zero-order chi connectivity index (χ0) is 14.5. The minimum Gasteiger partial charge on any atom is -0.335 e. The van der Waals surface area contributed by atoms with Gasteiger partial charge >= 0.3 is 0 Å². The van der Waals surface area contributed by atoms with Crippen molar-refractivity contribution in [2.24, 2.45) is 0 Å². The van der Waals surface area contributed by atoms with Gasteiger partial charge in [-0.05, 0) is 43.5 Å². The van der Waals surface area contributed by atoms with Crippen molar-refractivity contribution in [1.82, 2.24) is 4.90 Å². The Hall–Kier alpha value is -0.350. The van der Waals surface area contributed by atoms with Crippen LogP contribution >= 0.6 is 31.9 Å². The zero-order valence-electron chi connectivity index (χ0n) is 11.9. The second kappa shape index (κ2) is 7.60. The summed E-state index contributed by atoms with van der Waals surface area (Å²) in [6.45, 7) is 2.81. The molecule has 0 heterocycles. The summed E-state index contributed by atoms with van der Waals surface area (Å²) in [5.74, 6) is 0.167. The average Bonchev–Trinajstić information content (AvgIpc) is 2.44. The molecule has 0 radical (unpaired) electrons. The van der Waals surface area contributed by atoms with Crippen molar-refractivity contribution in [2.45, 2.75) is 45.1 Å². The first kappa shape index (κ1) is 16.0. The number of nitrogens with zero attached hydrogens (tertiary/aromatic N) is 1. The monoisotopic (exact) mass is 401 g/mol. The number of aryl methyl sites for hydroxylation is 1. The lowest BCUT2D eigenvalue weighted by molar-refractivity contribution is 0.0651. The van der Waals surface area contributed by atoms with E-state index in [1.165, 1.54) is 19.3 Å². The van der Waals surface area contributed by atoms with Gasteiger partial charge in [-0.15, -0.1) is 0 Å². The third kappa shape index (κ3) is 4.08. The molecule has 0 bridgehead atoms.